The maximum Gasteiger partial charge on any atom is 1.00 e. The molecule has 0 bridgehead atoms. The molecule has 0 aromatic heterocycles. The third kappa shape index (κ3) is 13.6. The van der Waals surface area contributed by atoms with Crippen molar-refractivity contribution in [2.24, 2.45) is 0 Å². The van der Waals surface area contributed by atoms with Gasteiger partial charge in [-0.05, 0) is 18.6 Å². The van der Waals surface area contributed by atoms with E-state index >= 15 is 0 Å². The third-order valence-electron chi connectivity index (χ3n) is 5.05. The van der Waals surface area contributed by atoms with Crippen LogP contribution < -0.4 is 40.0 Å². The molecule has 1 N–H and O–H groups in total. The summed E-state index contributed by atoms with van der Waals surface area (Å²) >= 11 is 0. The van der Waals surface area contributed by atoms with Gasteiger partial charge in [0.15, 0.2) is 0 Å². The molecule has 1 aromatic carbocycles. The number of benzene rings is 1. The smallest absolute Gasteiger partial charge is 0.545 e. The molecular formula is C23H37FNNaO2. The standard InChI is InChI=1S/C23H38FNO2.Na/c1-2-3-4-5-6-7-8-9-10-11-12-13-14-15-18-25-22-17-16-20(23(26)27)19-21(22)24;/h16-17,19,25H,2-15,18H2,1H3,(H,26,27);/q;+1/p-1. The zero-order valence-electron chi connectivity index (χ0n) is 18.0. The van der Waals surface area contributed by atoms with E-state index in [-0.39, 0.29) is 35.1 Å². The summed E-state index contributed by atoms with van der Waals surface area (Å²) in [6, 6.07) is 3.83. The molecule has 3 nitrogen and oxygen atoms in total. The molecule has 0 amide bonds. The zero-order chi connectivity index (χ0) is 19.7. The Balaban J connectivity index is 0.00000729. The number of carboxylic acid groups (broad SMARTS) is 1. The number of hydrogen-bond acceptors (Lipinski definition) is 3. The fourth-order valence-electron chi connectivity index (χ4n) is 3.33. The first-order valence-electron chi connectivity index (χ1n) is 10.9. The van der Waals surface area contributed by atoms with Crippen LogP contribution in [0.25, 0.3) is 0 Å². The quantitative estimate of drug-likeness (QED) is 0.322. The number of carbonyl (C=O) groups is 1. The first-order valence-corrected chi connectivity index (χ1v) is 10.9. The summed E-state index contributed by atoms with van der Waals surface area (Å²) < 4.78 is 13.7. The number of carboxylic acids is 1. The maximum absolute atomic E-state index is 13.7. The number of nitrogens with one attached hydrogen (secondary N) is 1. The van der Waals surface area contributed by atoms with Crippen LogP contribution >= 0.6 is 0 Å². The van der Waals surface area contributed by atoms with Crippen LogP contribution in [0.4, 0.5) is 10.1 Å². The molecule has 154 valence electrons. The van der Waals surface area contributed by atoms with Gasteiger partial charge in [0.05, 0.1) is 11.7 Å². The number of aromatic carboxylic acids is 1. The predicted molar refractivity (Wildman–Crippen MR) is 110 cm³/mol. The van der Waals surface area contributed by atoms with Gasteiger partial charge in [0.1, 0.15) is 5.82 Å². The van der Waals surface area contributed by atoms with Gasteiger partial charge in [-0.1, -0.05) is 96.5 Å². The molecule has 1 rings (SSSR count). The van der Waals surface area contributed by atoms with Crippen molar-refractivity contribution in [1.29, 1.82) is 0 Å². The molecule has 0 aliphatic carbocycles. The van der Waals surface area contributed by atoms with Crippen molar-refractivity contribution in [3.8, 4) is 0 Å². The van der Waals surface area contributed by atoms with Crippen molar-refractivity contribution >= 4 is 11.7 Å². The van der Waals surface area contributed by atoms with Crippen LogP contribution in [0.3, 0.4) is 0 Å². The molecular weight excluding hydrogens is 364 g/mol. The second-order valence-electron chi connectivity index (χ2n) is 7.51. The molecule has 5 heteroatoms. The molecule has 0 unspecified atom stereocenters. The van der Waals surface area contributed by atoms with Gasteiger partial charge < -0.3 is 15.2 Å². The summed E-state index contributed by atoms with van der Waals surface area (Å²) in [5.41, 5.74) is 0.226. The van der Waals surface area contributed by atoms with Crippen LogP contribution in [0.5, 0.6) is 0 Å². The topological polar surface area (TPSA) is 52.2 Å². The van der Waals surface area contributed by atoms with Crippen LogP contribution in [-0.2, 0) is 0 Å². The minimum atomic E-state index is -1.35. The Morgan fingerprint density at radius 1 is 0.857 bits per heavy atom. The van der Waals surface area contributed by atoms with Crippen LogP contribution in [-0.4, -0.2) is 12.5 Å². The van der Waals surface area contributed by atoms with Crippen molar-refractivity contribution in [1.82, 2.24) is 0 Å². The average Bonchev–Trinajstić information content (AvgIpc) is 2.65. The molecule has 1 aromatic rings. The van der Waals surface area contributed by atoms with Gasteiger partial charge in [-0.25, -0.2) is 4.39 Å². The van der Waals surface area contributed by atoms with Crippen molar-refractivity contribution < 1.29 is 43.8 Å². The largest absolute Gasteiger partial charge is 1.00 e. The van der Waals surface area contributed by atoms with Crippen LogP contribution in [0, 0.1) is 5.82 Å². The second-order valence-corrected chi connectivity index (χ2v) is 7.51. The van der Waals surface area contributed by atoms with E-state index in [9.17, 15) is 14.3 Å². The van der Waals surface area contributed by atoms with Crippen LogP contribution in [0.15, 0.2) is 18.2 Å². The van der Waals surface area contributed by atoms with Crippen molar-refractivity contribution in [2.45, 2.75) is 96.8 Å². The first-order chi connectivity index (χ1) is 13.1. The van der Waals surface area contributed by atoms with Gasteiger partial charge >= 0.3 is 29.6 Å². The molecule has 0 spiro atoms. The van der Waals surface area contributed by atoms with E-state index in [2.05, 4.69) is 12.2 Å². The number of hydrogen-bond donors (Lipinski definition) is 1. The average molecular weight is 402 g/mol. The molecule has 0 saturated heterocycles. The van der Waals surface area contributed by atoms with E-state index < -0.39 is 11.8 Å². The van der Waals surface area contributed by atoms with E-state index in [4.69, 9.17) is 0 Å². The molecule has 28 heavy (non-hydrogen) atoms. The molecule has 0 heterocycles. The fraction of sp³-hybridized carbons (Fsp3) is 0.696. The number of unbranched alkanes of at least 4 members (excludes halogenated alkanes) is 13. The van der Waals surface area contributed by atoms with Gasteiger partial charge in [-0.3, -0.25) is 0 Å². The van der Waals surface area contributed by atoms with E-state index in [1.807, 2.05) is 0 Å². The summed E-state index contributed by atoms with van der Waals surface area (Å²) in [5, 5.41) is 13.7. The second kappa shape index (κ2) is 18.4. The van der Waals surface area contributed by atoms with Crippen LogP contribution in [0.2, 0.25) is 0 Å². The molecule has 0 saturated carbocycles. The first kappa shape index (κ1) is 27.4. The Morgan fingerprint density at radius 3 is 1.75 bits per heavy atom. The Morgan fingerprint density at radius 2 is 1.32 bits per heavy atom. The number of anilines is 1. The van der Waals surface area contributed by atoms with E-state index in [1.54, 1.807) is 0 Å². The normalized spacial score (nSPS) is 10.5. The van der Waals surface area contributed by atoms with Gasteiger partial charge in [-0.15, -0.1) is 0 Å². The Labute approximate surface area is 193 Å². The van der Waals surface area contributed by atoms with Crippen LogP contribution in [0.1, 0.15) is 107 Å². The Bertz CT molecular complexity index is 525. The molecule has 0 atom stereocenters. The van der Waals surface area contributed by atoms with E-state index in [0.29, 0.717) is 12.2 Å². The maximum atomic E-state index is 13.7. The van der Waals surface area contributed by atoms with Crippen molar-refractivity contribution in [2.75, 3.05) is 11.9 Å². The van der Waals surface area contributed by atoms with Crippen molar-refractivity contribution in [3.05, 3.63) is 29.6 Å². The fourth-order valence-corrected chi connectivity index (χ4v) is 3.33. The summed E-state index contributed by atoms with van der Waals surface area (Å²) in [6.07, 6.45) is 18.4. The van der Waals surface area contributed by atoms with Gasteiger partial charge in [0.2, 0.25) is 0 Å². The third-order valence-corrected chi connectivity index (χ3v) is 5.05. The minimum absolute atomic E-state index is 0. The number of carbonyl (C=O) groups excluding carboxylic acids is 1. The summed E-state index contributed by atoms with van der Waals surface area (Å²) in [7, 11) is 0. The van der Waals surface area contributed by atoms with E-state index in [1.165, 1.54) is 89.2 Å². The molecule has 0 fully saturated rings. The zero-order valence-corrected chi connectivity index (χ0v) is 20.0. The minimum Gasteiger partial charge on any atom is -0.545 e. The summed E-state index contributed by atoms with van der Waals surface area (Å²) in [5.74, 6) is -1.89. The molecule has 0 aliphatic heterocycles. The van der Waals surface area contributed by atoms with Gasteiger partial charge in [0, 0.05) is 12.1 Å². The van der Waals surface area contributed by atoms with Gasteiger partial charge in [-0.2, -0.15) is 0 Å². The summed E-state index contributed by atoms with van der Waals surface area (Å²) in [6.45, 7) is 2.97. The number of rotatable bonds is 17. The van der Waals surface area contributed by atoms with Gasteiger partial charge in [0.25, 0.3) is 0 Å². The Kier molecular flexibility index (Phi) is 18.1. The SMILES string of the molecule is CCCCCCCCCCCCCCCCNc1ccc(C(=O)[O-])cc1F.[Na+]. The molecule has 0 aliphatic rings. The summed E-state index contributed by atoms with van der Waals surface area (Å²) in [4.78, 5) is 10.7. The Hall–Kier alpha value is -0.580. The van der Waals surface area contributed by atoms with E-state index in [0.717, 1.165) is 18.9 Å². The van der Waals surface area contributed by atoms with Crippen molar-refractivity contribution in [3.63, 3.8) is 0 Å². The predicted octanol–water partition coefficient (Wildman–Crippen LogP) is 3.09. The number of halogens is 1. The molecule has 0 radical (unpaired) electrons. The monoisotopic (exact) mass is 401 g/mol.